The second-order valence-corrected chi connectivity index (χ2v) is 3.83. The van der Waals surface area contributed by atoms with Crippen molar-refractivity contribution >= 4 is 23.2 Å². The molecule has 5 nitrogen and oxygen atoms in total. The fourth-order valence-corrected chi connectivity index (χ4v) is 1.25. The third kappa shape index (κ3) is 4.75. The van der Waals surface area contributed by atoms with E-state index in [1.54, 1.807) is 19.1 Å². The van der Waals surface area contributed by atoms with Gasteiger partial charge in [0.1, 0.15) is 5.82 Å². The normalized spacial score (nSPS) is 9.88. The highest BCUT2D eigenvalue weighted by Gasteiger charge is 2.05. The summed E-state index contributed by atoms with van der Waals surface area (Å²) < 4.78 is 12.6. The lowest BCUT2D eigenvalue weighted by molar-refractivity contribution is 0.0943. The monoisotopic (exact) mass is 256 g/mol. The van der Waals surface area contributed by atoms with Crippen molar-refractivity contribution < 1.29 is 9.18 Å². The third-order valence-electron chi connectivity index (χ3n) is 1.72. The van der Waals surface area contributed by atoms with Crippen molar-refractivity contribution in [3.8, 4) is 0 Å². The number of nitrogens with one attached hydrogen (secondary N) is 3. The highest BCUT2D eigenvalue weighted by atomic mass is 32.1. The zero-order valence-corrected chi connectivity index (χ0v) is 10.3. The van der Waals surface area contributed by atoms with Crippen LogP contribution in [0.2, 0.25) is 0 Å². The standard InChI is InChI=1S/C10H13FN4OS/c1-15(2)14-10(17)13-12-9(16)7-3-5-8(11)6-4-7/h3-6H,1-2H3,(H,12,16)(H2,13,14,17). The molecule has 0 saturated heterocycles. The highest BCUT2D eigenvalue weighted by molar-refractivity contribution is 7.80. The number of nitrogens with zero attached hydrogens (tertiary/aromatic N) is 1. The van der Waals surface area contributed by atoms with Crippen molar-refractivity contribution in [1.82, 2.24) is 21.3 Å². The average molecular weight is 256 g/mol. The van der Waals surface area contributed by atoms with Gasteiger partial charge in [-0.3, -0.25) is 21.1 Å². The maximum Gasteiger partial charge on any atom is 0.269 e. The van der Waals surface area contributed by atoms with Gasteiger partial charge in [0.05, 0.1) is 0 Å². The van der Waals surface area contributed by atoms with E-state index < -0.39 is 5.91 Å². The van der Waals surface area contributed by atoms with Crippen LogP contribution in [0.4, 0.5) is 4.39 Å². The van der Waals surface area contributed by atoms with Crippen LogP contribution < -0.4 is 16.3 Å². The van der Waals surface area contributed by atoms with Gasteiger partial charge in [-0.2, -0.15) is 0 Å². The van der Waals surface area contributed by atoms with Gasteiger partial charge >= 0.3 is 0 Å². The summed E-state index contributed by atoms with van der Waals surface area (Å²) in [5, 5.41) is 1.88. The molecule has 0 fully saturated rings. The van der Waals surface area contributed by atoms with Crippen molar-refractivity contribution in [2.45, 2.75) is 0 Å². The average Bonchev–Trinajstić information content (AvgIpc) is 2.26. The molecule has 0 bridgehead atoms. The molecule has 0 spiro atoms. The van der Waals surface area contributed by atoms with Gasteiger partial charge in [0.2, 0.25) is 0 Å². The highest BCUT2D eigenvalue weighted by Crippen LogP contribution is 2.01. The zero-order valence-electron chi connectivity index (χ0n) is 9.45. The Balaban J connectivity index is 2.45. The van der Waals surface area contributed by atoms with Gasteiger partial charge < -0.3 is 0 Å². The summed E-state index contributed by atoms with van der Waals surface area (Å²) in [4.78, 5) is 11.5. The Morgan fingerprint density at radius 1 is 1.24 bits per heavy atom. The molecule has 1 rings (SSSR count). The summed E-state index contributed by atoms with van der Waals surface area (Å²) in [6.45, 7) is 0. The molecular formula is C10H13FN4OS. The maximum atomic E-state index is 12.6. The van der Waals surface area contributed by atoms with E-state index in [9.17, 15) is 9.18 Å². The van der Waals surface area contributed by atoms with E-state index in [-0.39, 0.29) is 10.9 Å². The Hall–Kier alpha value is -1.73. The summed E-state index contributed by atoms with van der Waals surface area (Å²) in [5.74, 6) is -0.785. The van der Waals surface area contributed by atoms with Crippen molar-refractivity contribution in [2.24, 2.45) is 0 Å². The molecule has 0 atom stereocenters. The van der Waals surface area contributed by atoms with Crippen LogP contribution in [-0.2, 0) is 0 Å². The van der Waals surface area contributed by atoms with E-state index in [0.717, 1.165) is 0 Å². The van der Waals surface area contributed by atoms with Gasteiger partial charge in [-0.15, -0.1) is 0 Å². The second kappa shape index (κ2) is 6.12. The first-order chi connectivity index (χ1) is 7.99. The molecule has 0 unspecified atom stereocenters. The molecule has 0 aliphatic rings. The van der Waals surface area contributed by atoms with Gasteiger partial charge in [-0.25, -0.2) is 9.40 Å². The van der Waals surface area contributed by atoms with Gasteiger partial charge in [-0.05, 0) is 36.5 Å². The van der Waals surface area contributed by atoms with Crippen LogP contribution in [0.5, 0.6) is 0 Å². The molecule has 3 N–H and O–H groups in total. The minimum Gasteiger partial charge on any atom is -0.295 e. The molecule has 0 heterocycles. The fourth-order valence-electron chi connectivity index (χ4n) is 1.02. The molecule has 1 amide bonds. The largest absolute Gasteiger partial charge is 0.295 e. The van der Waals surface area contributed by atoms with Gasteiger partial charge in [0.15, 0.2) is 5.11 Å². The number of benzene rings is 1. The summed E-state index contributed by atoms with van der Waals surface area (Å²) in [7, 11) is 3.52. The molecular weight excluding hydrogens is 243 g/mol. The molecule has 0 saturated carbocycles. The second-order valence-electron chi connectivity index (χ2n) is 3.42. The summed E-state index contributed by atoms with van der Waals surface area (Å²) in [5.41, 5.74) is 7.97. The Morgan fingerprint density at radius 2 is 1.82 bits per heavy atom. The molecule has 17 heavy (non-hydrogen) atoms. The first-order valence-corrected chi connectivity index (χ1v) is 5.19. The number of halogens is 1. The Kier molecular flexibility index (Phi) is 4.80. The summed E-state index contributed by atoms with van der Waals surface area (Å²) in [6, 6.07) is 5.19. The van der Waals surface area contributed by atoms with Crippen molar-refractivity contribution in [1.29, 1.82) is 0 Å². The SMILES string of the molecule is CN(C)NC(=S)NNC(=O)c1ccc(F)cc1. The number of carbonyl (C=O) groups excluding carboxylic acids is 1. The molecule has 0 aliphatic carbocycles. The van der Waals surface area contributed by atoms with E-state index in [4.69, 9.17) is 12.2 Å². The molecule has 0 aliphatic heterocycles. The summed E-state index contributed by atoms with van der Waals surface area (Å²) in [6.07, 6.45) is 0. The van der Waals surface area contributed by atoms with E-state index in [1.165, 1.54) is 24.3 Å². The first kappa shape index (κ1) is 13.3. The lowest BCUT2D eigenvalue weighted by atomic mass is 10.2. The summed E-state index contributed by atoms with van der Waals surface area (Å²) >= 11 is 4.88. The molecule has 1 aromatic rings. The molecule has 7 heteroatoms. The van der Waals surface area contributed by atoms with Crippen LogP contribution in [0, 0.1) is 5.82 Å². The maximum absolute atomic E-state index is 12.6. The van der Waals surface area contributed by atoms with Crippen molar-refractivity contribution in [3.63, 3.8) is 0 Å². The predicted octanol–water partition coefficient (Wildman–Crippen LogP) is 0.411. The van der Waals surface area contributed by atoms with E-state index in [0.29, 0.717) is 5.56 Å². The Bertz CT molecular complexity index is 407. The quantitative estimate of drug-likeness (QED) is 0.528. The molecule has 92 valence electrons. The van der Waals surface area contributed by atoms with Crippen LogP contribution >= 0.6 is 12.2 Å². The van der Waals surface area contributed by atoms with Crippen LogP contribution in [0.1, 0.15) is 10.4 Å². The molecule has 0 radical (unpaired) electrons. The van der Waals surface area contributed by atoms with Crippen LogP contribution in [0.3, 0.4) is 0 Å². The first-order valence-electron chi connectivity index (χ1n) is 4.79. The number of amides is 1. The fraction of sp³-hybridized carbons (Fsp3) is 0.200. The minimum atomic E-state index is -0.395. The van der Waals surface area contributed by atoms with Crippen molar-refractivity contribution in [2.75, 3.05) is 14.1 Å². The smallest absolute Gasteiger partial charge is 0.269 e. The predicted molar refractivity (Wildman–Crippen MR) is 66.4 cm³/mol. The zero-order chi connectivity index (χ0) is 12.8. The van der Waals surface area contributed by atoms with E-state index >= 15 is 0 Å². The number of rotatable bonds is 2. The lowest BCUT2D eigenvalue weighted by Crippen LogP contribution is -2.50. The topological polar surface area (TPSA) is 56.4 Å². The van der Waals surface area contributed by atoms with Crippen LogP contribution in [-0.4, -0.2) is 30.1 Å². The lowest BCUT2D eigenvalue weighted by Gasteiger charge is -2.15. The van der Waals surface area contributed by atoms with E-state index in [1.807, 2.05) is 0 Å². The van der Waals surface area contributed by atoms with Crippen LogP contribution in [0.25, 0.3) is 0 Å². The number of hydrazine groups is 2. The number of hydrogen-bond donors (Lipinski definition) is 3. The Morgan fingerprint density at radius 3 is 2.35 bits per heavy atom. The van der Waals surface area contributed by atoms with Gasteiger partial charge in [-0.1, -0.05) is 0 Å². The van der Waals surface area contributed by atoms with Gasteiger partial charge in [0, 0.05) is 19.7 Å². The van der Waals surface area contributed by atoms with Crippen LogP contribution in [0.15, 0.2) is 24.3 Å². The number of hydrogen-bond acceptors (Lipinski definition) is 3. The van der Waals surface area contributed by atoms with Crippen molar-refractivity contribution in [3.05, 3.63) is 35.6 Å². The Labute approximate surface area is 104 Å². The molecule has 1 aromatic carbocycles. The number of carbonyl (C=O) groups is 1. The third-order valence-corrected chi connectivity index (χ3v) is 1.91. The van der Waals surface area contributed by atoms with Gasteiger partial charge in [0.25, 0.3) is 5.91 Å². The number of thiocarbonyl (C=S) groups is 1. The minimum absolute atomic E-state index is 0.255. The van der Waals surface area contributed by atoms with E-state index in [2.05, 4.69) is 16.3 Å². The molecule has 0 aromatic heterocycles.